The zero-order chi connectivity index (χ0) is 12.1. The van der Waals surface area contributed by atoms with Crippen molar-refractivity contribution < 1.29 is 19.1 Å². The first-order valence-electron chi connectivity index (χ1n) is 5.24. The molecule has 0 aromatic rings. The molecule has 0 radical (unpaired) electrons. The van der Waals surface area contributed by atoms with Gasteiger partial charge >= 0.3 is 11.9 Å². The van der Waals surface area contributed by atoms with Crippen molar-refractivity contribution in [1.29, 1.82) is 0 Å². The molecule has 6 nitrogen and oxygen atoms in total. The first-order valence-corrected chi connectivity index (χ1v) is 5.24. The molecule has 0 spiro atoms. The highest BCUT2D eigenvalue weighted by Crippen LogP contribution is 2.20. The Balaban J connectivity index is 2.68. The second kappa shape index (κ2) is 5.81. The number of hydrogen-bond donors (Lipinski definition) is 2. The van der Waals surface area contributed by atoms with Crippen molar-refractivity contribution in [2.24, 2.45) is 11.7 Å². The second-order valence-electron chi connectivity index (χ2n) is 3.89. The van der Waals surface area contributed by atoms with Crippen LogP contribution >= 0.6 is 0 Å². The van der Waals surface area contributed by atoms with Gasteiger partial charge in [-0.05, 0) is 25.3 Å². The summed E-state index contributed by atoms with van der Waals surface area (Å²) in [7, 11) is 2.65. The lowest BCUT2D eigenvalue weighted by molar-refractivity contribution is -0.148. The van der Waals surface area contributed by atoms with Crippen LogP contribution in [0.3, 0.4) is 0 Å². The molecule has 0 aromatic heterocycles. The van der Waals surface area contributed by atoms with Crippen LogP contribution in [-0.2, 0) is 19.1 Å². The van der Waals surface area contributed by atoms with Crippen molar-refractivity contribution in [2.45, 2.75) is 24.9 Å². The van der Waals surface area contributed by atoms with Crippen LogP contribution in [0.5, 0.6) is 0 Å². The Hall–Kier alpha value is -1.14. The molecule has 1 aliphatic rings. The molecule has 1 saturated heterocycles. The summed E-state index contributed by atoms with van der Waals surface area (Å²) < 4.78 is 9.30. The molecular formula is C10H18N2O4. The highest BCUT2D eigenvalue weighted by molar-refractivity contribution is 5.80. The van der Waals surface area contributed by atoms with Crippen LogP contribution in [0.4, 0.5) is 0 Å². The van der Waals surface area contributed by atoms with Crippen LogP contribution < -0.4 is 11.1 Å². The average molecular weight is 230 g/mol. The zero-order valence-electron chi connectivity index (χ0n) is 9.56. The van der Waals surface area contributed by atoms with Crippen LogP contribution in [-0.4, -0.2) is 44.8 Å². The maximum absolute atomic E-state index is 11.4. The van der Waals surface area contributed by atoms with Gasteiger partial charge in [-0.2, -0.15) is 0 Å². The number of esters is 2. The first-order chi connectivity index (χ1) is 7.62. The Morgan fingerprint density at radius 3 is 1.94 bits per heavy atom. The molecule has 92 valence electrons. The number of rotatable bonds is 3. The molecule has 3 N–H and O–H groups in total. The number of ether oxygens (including phenoxy) is 2. The van der Waals surface area contributed by atoms with Gasteiger partial charge in [-0.3, -0.25) is 14.9 Å². The number of nitrogens with one attached hydrogen (secondary N) is 1. The summed E-state index contributed by atoms with van der Waals surface area (Å²) in [5, 5.41) is 2.91. The van der Waals surface area contributed by atoms with Crippen molar-refractivity contribution in [3.63, 3.8) is 0 Å². The molecule has 3 atom stereocenters. The Morgan fingerprint density at radius 2 is 1.62 bits per heavy atom. The maximum atomic E-state index is 11.4. The van der Waals surface area contributed by atoms with Crippen molar-refractivity contribution in [1.82, 2.24) is 5.32 Å². The minimum Gasteiger partial charge on any atom is -0.468 e. The molecule has 0 aromatic carbocycles. The first kappa shape index (κ1) is 12.9. The number of piperidine rings is 1. The quantitative estimate of drug-likeness (QED) is 0.606. The van der Waals surface area contributed by atoms with E-state index in [1.54, 1.807) is 0 Å². The van der Waals surface area contributed by atoms with Crippen LogP contribution in [0, 0.1) is 5.92 Å². The minimum atomic E-state index is -0.476. The summed E-state index contributed by atoms with van der Waals surface area (Å²) in [5.41, 5.74) is 5.58. The summed E-state index contributed by atoms with van der Waals surface area (Å²) in [6.07, 6.45) is 1.19. The van der Waals surface area contributed by atoms with E-state index in [0.717, 1.165) is 0 Å². The molecule has 6 heteroatoms. The normalized spacial score (nSPS) is 29.6. The highest BCUT2D eigenvalue weighted by Gasteiger charge is 2.35. The van der Waals surface area contributed by atoms with Crippen molar-refractivity contribution in [3.05, 3.63) is 0 Å². The van der Waals surface area contributed by atoms with Gasteiger partial charge in [0.1, 0.15) is 12.1 Å². The molecule has 0 bridgehead atoms. The van der Waals surface area contributed by atoms with Crippen LogP contribution in [0.1, 0.15) is 12.8 Å². The van der Waals surface area contributed by atoms with Gasteiger partial charge in [0.25, 0.3) is 0 Å². The molecule has 16 heavy (non-hydrogen) atoms. The summed E-state index contributed by atoms with van der Waals surface area (Å²) in [6.45, 7) is 0.447. The van der Waals surface area contributed by atoms with Crippen molar-refractivity contribution in [3.8, 4) is 0 Å². The van der Waals surface area contributed by atoms with Gasteiger partial charge in [-0.25, -0.2) is 0 Å². The largest absolute Gasteiger partial charge is 0.468 e. The van der Waals surface area contributed by atoms with Gasteiger partial charge in [0.2, 0.25) is 0 Å². The van der Waals surface area contributed by atoms with Gasteiger partial charge in [-0.15, -0.1) is 0 Å². The predicted octanol–water partition coefficient (Wildman–Crippen LogP) is -0.972. The standard InChI is InChI=1S/C10H18N2O4/c1-15-9(13)7-3-6(5-11)4-8(12-7)10(14)16-2/h6-8,12H,3-5,11H2,1-2H3/t6?,7-,8+. The van der Waals surface area contributed by atoms with Crippen LogP contribution in [0.15, 0.2) is 0 Å². The van der Waals surface area contributed by atoms with E-state index in [9.17, 15) is 9.59 Å². The fourth-order valence-corrected chi connectivity index (χ4v) is 1.95. The third kappa shape index (κ3) is 2.93. The van der Waals surface area contributed by atoms with E-state index in [0.29, 0.717) is 19.4 Å². The topological polar surface area (TPSA) is 90.7 Å². The number of carbonyl (C=O) groups excluding carboxylic acids is 2. The molecule has 1 aliphatic heterocycles. The number of nitrogens with two attached hydrogens (primary N) is 1. The Bertz CT molecular complexity index is 246. The molecule has 1 heterocycles. The van der Waals surface area contributed by atoms with E-state index in [-0.39, 0.29) is 17.9 Å². The smallest absolute Gasteiger partial charge is 0.322 e. The van der Waals surface area contributed by atoms with E-state index in [1.165, 1.54) is 14.2 Å². The lowest BCUT2D eigenvalue weighted by Crippen LogP contribution is -2.54. The van der Waals surface area contributed by atoms with E-state index < -0.39 is 12.1 Å². The van der Waals surface area contributed by atoms with Crippen LogP contribution in [0.2, 0.25) is 0 Å². The Labute approximate surface area is 94.5 Å². The average Bonchev–Trinajstić information content (AvgIpc) is 2.35. The monoisotopic (exact) mass is 230 g/mol. The van der Waals surface area contributed by atoms with Gasteiger partial charge in [0.05, 0.1) is 14.2 Å². The molecule has 1 fully saturated rings. The van der Waals surface area contributed by atoms with Crippen molar-refractivity contribution >= 4 is 11.9 Å². The Kier molecular flexibility index (Phi) is 4.70. The van der Waals surface area contributed by atoms with E-state index >= 15 is 0 Å². The Morgan fingerprint density at radius 1 is 1.19 bits per heavy atom. The maximum Gasteiger partial charge on any atom is 0.322 e. The molecule has 1 unspecified atom stereocenters. The highest BCUT2D eigenvalue weighted by atomic mass is 16.5. The second-order valence-corrected chi connectivity index (χ2v) is 3.89. The summed E-state index contributed by atoms with van der Waals surface area (Å²) in [6, 6.07) is -0.951. The van der Waals surface area contributed by atoms with Gasteiger partial charge in [0.15, 0.2) is 0 Å². The summed E-state index contributed by atoms with van der Waals surface area (Å²) >= 11 is 0. The molecule has 0 saturated carbocycles. The van der Waals surface area contributed by atoms with Gasteiger partial charge in [0, 0.05) is 0 Å². The SMILES string of the molecule is COC(=O)[C@@H]1CC(CN)C[C@H](C(=O)OC)N1. The number of carbonyl (C=O) groups is 2. The molecule has 0 amide bonds. The summed E-state index contributed by atoms with van der Waals surface area (Å²) in [5.74, 6) is -0.603. The lowest BCUT2D eigenvalue weighted by atomic mass is 9.88. The van der Waals surface area contributed by atoms with Crippen molar-refractivity contribution in [2.75, 3.05) is 20.8 Å². The van der Waals surface area contributed by atoms with E-state index in [2.05, 4.69) is 14.8 Å². The van der Waals surface area contributed by atoms with E-state index in [4.69, 9.17) is 5.73 Å². The third-order valence-corrected chi connectivity index (χ3v) is 2.85. The fourth-order valence-electron chi connectivity index (χ4n) is 1.95. The minimum absolute atomic E-state index is 0.134. The predicted molar refractivity (Wildman–Crippen MR) is 56.5 cm³/mol. The third-order valence-electron chi connectivity index (χ3n) is 2.85. The van der Waals surface area contributed by atoms with Crippen LogP contribution in [0.25, 0.3) is 0 Å². The summed E-state index contributed by atoms with van der Waals surface area (Å²) in [4.78, 5) is 22.8. The van der Waals surface area contributed by atoms with Gasteiger partial charge in [-0.1, -0.05) is 0 Å². The molecule has 0 aliphatic carbocycles. The molecule has 1 rings (SSSR count). The number of methoxy groups -OCH3 is 2. The fraction of sp³-hybridized carbons (Fsp3) is 0.800. The molecular weight excluding hydrogens is 212 g/mol. The number of hydrogen-bond acceptors (Lipinski definition) is 6. The van der Waals surface area contributed by atoms with E-state index in [1.807, 2.05) is 0 Å². The van der Waals surface area contributed by atoms with Gasteiger partial charge < -0.3 is 15.2 Å². The zero-order valence-corrected chi connectivity index (χ0v) is 9.56. The lowest BCUT2D eigenvalue weighted by Gasteiger charge is -2.32.